The number of aryl methyl sites for hydroxylation is 2. The molecule has 23 heavy (non-hydrogen) atoms. The van der Waals surface area contributed by atoms with Gasteiger partial charge in [-0.15, -0.1) is 0 Å². The number of carbonyl (C=O) groups is 1. The lowest BCUT2D eigenvalue weighted by Gasteiger charge is -2.09. The van der Waals surface area contributed by atoms with Crippen LogP contribution in [0.1, 0.15) is 11.4 Å². The van der Waals surface area contributed by atoms with E-state index in [4.69, 9.17) is 23.2 Å². The Hall–Kier alpha value is -1.61. The van der Waals surface area contributed by atoms with Crippen molar-refractivity contribution in [1.82, 2.24) is 14.9 Å². The summed E-state index contributed by atoms with van der Waals surface area (Å²) >= 11 is 11.8. The van der Waals surface area contributed by atoms with Gasteiger partial charge in [-0.05, 0) is 26.0 Å². The van der Waals surface area contributed by atoms with Gasteiger partial charge in [-0.1, -0.05) is 29.3 Å². The summed E-state index contributed by atoms with van der Waals surface area (Å²) in [6, 6.07) is 4.75. The molecule has 1 heterocycles. The molecule has 0 spiro atoms. The molecule has 3 N–H and O–H groups in total. The number of anilines is 1. The third kappa shape index (κ3) is 4.03. The van der Waals surface area contributed by atoms with Crippen molar-refractivity contribution >= 4 is 44.8 Å². The standard InChI is InChI=1S/C13H14Cl2N4O3S/c1-7-13(8(2)19-18-7)23(21,22)16-6-11(20)17-10-5-3-4-9(14)12(10)15/h3-5,16H,6H2,1-2H3,(H,17,20)(H,18,19). The first-order valence-electron chi connectivity index (χ1n) is 6.47. The van der Waals surface area contributed by atoms with E-state index in [1.165, 1.54) is 0 Å². The average Bonchev–Trinajstić information content (AvgIpc) is 2.82. The summed E-state index contributed by atoms with van der Waals surface area (Å²) in [4.78, 5) is 11.9. The molecule has 0 aliphatic heterocycles. The number of amides is 1. The predicted molar refractivity (Wildman–Crippen MR) is 88.3 cm³/mol. The SMILES string of the molecule is Cc1n[nH]c(C)c1S(=O)(=O)NCC(=O)Nc1cccc(Cl)c1Cl. The minimum absolute atomic E-state index is 0.0334. The van der Waals surface area contributed by atoms with Gasteiger partial charge in [0, 0.05) is 0 Å². The van der Waals surface area contributed by atoms with E-state index in [2.05, 4.69) is 20.2 Å². The minimum atomic E-state index is -3.85. The van der Waals surface area contributed by atoms with Gasteiger partial charge in [0.15, 0.2) is 0 Å². The normalized spacial score (nSPS) is 11.5. The summed E-state index contributed by atoms with van der Waals surface area (Å²) in [5, 5.41) is 9.37. The molecule has 0 atom stereocenters. The third-order valence-corrected chi connectivity index (χ3v) is 5.46. The second-order valence-corrected chi connectivity index (χ2v) is 7.23. The highest BCUT2D eigenvalue weighted by Crippen LogP contribution is 2.29. The van der Waals surface area contributed by atoms with Crippen LogP contribution in [-0.4, -0.2) is 31.1 Å². The number of hydrogen-bond acceptors (Lipinski definition) is 4. The molecule has 10 heteroatoms. The number of nitrogens with one attached hydrogen (secondary N) is 3. The molecule has 0 saturated heterocycles. The lowest BCUT2D eigenvalue weighted by Crippen LogP contribution is -2.33. The Kier molecular flexibility index (Phi) is 5.30. The molecule has 1 aromatic carbocycles. The molecular formula is C13H14Cl2N4O3S. The summed E-state index contributed by atoms with van der Waals surface area (Å²) in [7, 11) is -3.85. The van der Waals surface area contributed by atoms with E-state index in [1.807, 2.05) is 0 Å². The minimum Gasteiger partial charge on any atom is -0.324 e. The van der Waals surface area contributed by atoms with E-state index in [9.17, 15) is 13.2 Å². The van der Waals surface area contributed by atoms with Crippen LogP contribution in [0.5, 0.6) is 0 Å². The smallest absolute Gasteiger partial charge is 0.244 e. The van der Waals surface area contributed by atoms with Gasteiger partial charge in [0.25, 0.3) is 0 Å². The van der Waals surface area contributed by atoms with Crippen molar-refractivity contribution in [2.24, 2.45) is 0 Å². The van der Waals surface area contributed by atoms with Crippen molar-refractivity contribution < 1.29 is 13.2 Å². The number of sulfonamides is 1. The van der Waals surface area contributed by atoms with Gasteiger partial charge in [0.1, 0.15) is 4.90 Å². The van der Waals surface area contributed by atoms with Crippen LogP contribution in [0.3, 0.4) is 0 Å². The first kappa shape index (κ1) is 17.7. The van der Waals surface area contributed by atoms with Crippen LogP contribution in [0, 0.1) is 13.8 Å². The Morgan fingerprint density at radius 3 is 2.61 bits per heavy atom. The van der Waals surface area contributed by atoms with Crippen molar-refractivity contribution in [2.75, 3.05) is 11.9 Å². The number of aromatic nitrogens is 2. The van der Waals surface area contributed by atoms with Gasteiger partial charge in [0.05, 0.1) is 33.7 Å². The summed E-state index contributed by atoms with van der Waals surface area (Å²) < 4.78 is 26.7. The van der Waals surface area contributed by atoms with Crippen molar-refractivity contribution in [2.45, 2.75) is 18.7 Å². The Bertz CT molecular complexity index is 829. The van der Waals surface area contributed by atoms with Gasteiger partial charge in [-0.3, -0.25) is 9.89 Å². The van der Waals surface area contributed by atoms with Crippen LogP contribution in [0.2, 0.25) is 10.0 Å². The van der Waals surface area contributed by atoms with E-state index in [0.29, 0.717) is 17.1 Å². The summed E-state index contributed by atoms with van der Waals surface area (Å²) in [6.45, 7) is 2.69. The number of nitrogens with zero attached hydrogens (tertiary/aromatic N) is 1. The van der Waals surface area contributed by atoms with E-state index >= 15 is 0 Å². The number of H-pyrrole nitrogens is 1. The third-order valence-electron chi connectivity index (χ3n) is 2.98. The highest BCUT2D eigenvalue weighted by molar-refractivity contribution is 7.89. The second-order valence-electron chi connectivity index (χ2n) is 4.74. The number of carbonyl (C=O) groups excluding carboxylic acids is 1. The topological polar surface area (TPSA) is 104 Å². The maximum Gasteiger partial charge on any atom is 0.244 e. The van der Waals surface area contributed by atoms with Gasteiger partial charge in [-0.25, -0.2) is 13.1 Å². The molecular weight excluding hydrogens is 363 g/mol. The van der Waals surface area contributed by atoms with Crippen molar-refractivity contribution in [3.8, 4) is 0 Å². The molecule has 1 aromatic heterocycles. The fourth-order valence-corrected chi connectivity index (χ4v) is 3.66. The Morgan fingerprint density at radius 2 is 2.00 bits per heavy atom. The fraction of sp³-hybridized carbons (Fsp3) is 0.231. The molecule has 124 valence electrons. The molecule has 0 fully saturated rings. The molecule has 0 aliphatic rings. The Labute approximate surface area is 143 Å². The molecule has 2 rings (SSSR count). The maximum atomic E-state index is 12.2. The van der Waals surface area contributed by atoms with Crippen molar-refractivity contribution in [3.05, 3.63) is 39.6 Å². The van der Waals surface area contributed by atoms with Crippen LogP contribution in [-0.2, 0) is 14.8 Å². The van der Waals surface area contributed by atoms with E-state index < -0.39 is 22.5 Å². The largest absolute Gasteiger partial charge is 0.324 e. The van der Waals surface area contributed by atoms with Crippen LogP contribution >= 0.6 is 23.2 Å². The van der Waals surface area contributed by atoms with E-state index in [1.54, 1.807) is 32.0 Å². The molecule has 2 aromatic rings. The van der Waals surface area contributed by atoms with Crippen molar-refractivity contribution in [3.63, 3.8) is 0 Å². The van der Waals surface area contributed by atoms with Crippen LogP contribution in [0.4, 0.5) is 5.69 Å². The Balaban J connectivity index is 2.06. The molecule has 0 saturated carbocycles. The predicted octanol–water partition coefficient (Wildman–Crippen LogP) is 2.25. The van der Waals surface area contributed by atoms with Gasteiger partial charge < -0.3 is 5.32 Å². The zero-order valence-electron chi connectivity index (χ0n) is 12.3. The van der Waals surface area contributed by atoms with Gasteiger partial charge in [0.2, 0.25) is 15.9 Å². The highest BCUT2D eigenvalue weighted by Gasteiger charge is 2.23. The van der Waals surface area contributed by atoms with Gasteiger partial charge >= 0.3 is 0 Å². The molecule has 7 nitrogen and oxygen atoms in total. The van der Waals surface area contributed by atoms with Crippen molar-refractivity contribution in [1.29, 1.82) is 0 Å². The van der Waals surface area contributed by atoms with Crippen LogP contribution in [0.25, 0.3) is 0 Å². The summed E-state index contributed by atoms with van der Waals surface area (Å²) in [5.74, 6) is -0.573. The molecule has 0 unspecified atom stereocenters. The fourth-order valence-electron chi connectivity index (χ4n) is 1.96. The first-order chi connectivity index (χ1) is 10.7. The molecule has 0 bridgehead atoms. The number of rotatable bonds is 5. The molecule has 0 aliphatic carbocycles. The second kappa shape index (κ2) is 6.88. The lowest BCUT2D eigenvalue weighted by molar-refractivity contribution is -0.115. The zero-order valence-corrected chi connectivity index (χ0v) is 14.6. The number of halogens is 2. The molecule has 1 amide bonds. The highest BCUT2D eigenvalue weighted by atomic mass is 35.5. The summed E-state index contributed by atoms with van der Waals surface area (Å²) in [5.41, 5.74) is 1.03. The Morgan fingerprint density at radius 1 is 1.30 bits per heavy atom. The van der Waals surface area contributed by atoms with E-state index in [0.717, 1.165) is 0 Å². The zero-order chi connectivity index (χ0) is 17.2. The lowest BCUT2D eigenvalue weighted by atomic mass is 10.3. The van der Waals surface area contributed by atoms with Crippen LogP contribution < -0.4 is 10.0 Å². The number of hydrogen-bond donors (Lipinski definition) is 3. The number of aromatic amines is 1. The quantitative estimate of drug-likeness (QED) is 0.743. The average molecular weight is 377 g/mol. The van der Waals surface area contributed by atoms with E-state index in [-0.39, 0.29) is 14.9 Å². The maximum absolute atomic E-state index is 12.2. The summed E-state index contributed by atoms with van der Waals surface area (Å²) in [6.07, 6.45) is 0. The van der Waals surface area contributed by atoms with Gasteiger partial charge in [-0.2, -0.15) is 5.10 Å². The first-order valence-corrected chi connectivity index (χ1v) is 8.71. The monoisotopic (exact) mass is 376 g/mol. The van der Waals surface area contributed by atoms with Crippen LogP contribution in [0.15, 0.2) is 23.1 Å². The molecule has 0 radical (unpaired) electrons. The number of benzene rings is 1.